The van der Waals surface area contributed by atoms with Crippen LogP contribution in [0.4, 0.5) is 0 Å². The maximum atomic E-state index is 11.4. The number of hydrogen-bond donors (Lipinski definition) is 2. The van der Waals surface area contributed by atoms with Gasteiger partial charge in [-0.15, -0.1) is 0 Å². The van der Waals surface area contributed by atoms with Crippen molar-refractivity contribution >= 4 is 5.91 Å². The maximum Gasteiger partial charge on any atom is 0.256 e. The predicted molar refractivity (Wildman–Crippen MR) is 51.9 cm³/mol. The number of hydrogen-bond acceptors (Lipinski definition) is 4. The molecule has 0 radical (unpaired) electrons. The highest BCUT2D eigenvalue weighted by Gasteiger charge is 2.11. The van der Waals surface area contributed by atoms with Crippen molar-refractivity contribution in [2.45, 2.75) is 19.8 Å². The van der Waals surface area contributed by atoms with E-state index in [0.29, 0.717) is 24.4 Å². The Morgan fingerprint density at radius 3 is 3.00 bits per heavy atom. The van der Waals surface area contributed by atoms with Gasteiger partial charge < -0.3 is 15.6 Å². The Balaban J connectivity index is 2.32. The number of nitrogens with two attached hydrogens (primary N) is 1. The van der Waals surface area contributed by atoms with E-state index in [1.165, 1.54) is 6.20 Å². The largest absolute Gasteiger partial charge is 0.361 e. The van der Waals surface area contributed by atoms with Gasteiger partial charge in [-0.3, -0.25) is 4.79 Å². The van der Waals surface area contributed by atoms with E-state index >= 15 is 0 Å². The number of nitrogens with zero attached hydrogens (tertiary/aromatic N) is 1. The van der Waals surface area contributed by atoms with Gasteiger partial charge in [-0.25, -0.2) is 0 Å². The number of nitrogens with one attached hydrogen (secondary N) is 1. The number of amides is 1. The molecule has 5 nitrogen and oxygen atoms in total. The third-order valence-electron chi connectivity index (χ3n) is 1.91. The number of carbonyl (C=O) groups excluding carboxylic acids is 1. The lowest BCUT2D eigenvalue weighted by molar-refractivity contribution is 0.0951. The summed E-state index contributed by atoms with van der Waals surface area (Å²) in [5, 5.41) is 6.30. The average molecular weight is 197 g/mol. The Morgan fingerprint density at radius 2 is 2.43 bits per heavy atom. The van der Waals surface area contributed by atoms with Crippen molar-refractivity contribution in [3.05, 3.63) is 17.5 Å². The minimum Gasteiger partial charge on any atom is -0.361 e. The molecule has 0 aliphatic rings. The normalized spacial score (nSPS) is 10.1. The first-order chi connectivity index (χ1) is 6.75. The second-order valence-electron chi connectivity index (χ2n) is 3.05. The Kier molecular flexibility index (Phi) is 4.12. The van der Waals surface area contributed by atoms with Crippen LogP contribution < -0.4 is 11.1 Å². The van der Waals surface area contributed by atoms with Crippen LogP contribution >= 0.6 is 0 Å². The van der Waals surface area contributed by atoms with Crippen LogP contribution in [0.25, 0.3) is 0 Å². The first-order valence-corrected chi connectivity index (χ1v) is 4.65. The van der Waals surface area contributed by atoms with Crippen LogP contribution in [0, 0.1) is 6.92 Å². The molecule has 0 atom stereocenters. The van der Waals surface area contributed by atoms with E-state index < -0.39 is 0 Å². The first kappa shape index (κ1) is 10.7. The molecule has 1 amide bonds. The van der Waals surface area contributed by atoms with E-state index in [4.69, 9.17) is 10.3 Å². The van der Waals surface area contributed by atoms with Gasteiger partial charge >= 0.3 is 0 Å². The minimum atomic E-state index is -0.138. The molecular formula is C9H15N3O2. The zero-order chi connectivity index (χ0) is 10.4. The number of carbonyl (C=O) groups is 1. The second kappa shape index (κ2) is 5.39. The summed E-state index contributed by atoms with van der Waals surface area (Å²) in [6.07, 6.45) is 3.24. The lowest BCUT2D eigenvalue weighted by Gasteiger charge is -2.02. The molecule has 1 aromatic rings. The summed E-state index contributed by atoms with van der Waals surface area (Å²) >= 11 is 0. The molecule has 1 heterocycles. The van der Waals surface area contributed by atoms with Crippen LogP contribution in [0.1, 0.15) is 29.0 Å². The van der Waals surface area contributed by atoms with Crippen molar-refractivity contribution in [1.82, 2.24) is 10.5 Å². The monoisotopic (exact) mass is 197 g/mol. The van der Waals surface area contributed by atoms with Gasteiger partial charge in [-0.2, -0.15) is 0 Å². The van der Waals surface area contributed by atoms with Gasteiger partial charge in [0, 0.05) is 6.54 Å². The molecule has 78 valence electrons. The van der Waals surface area contributed by atoms with Crippen LogP contribution in [0.2, 0.25) is 0 Å². The Morgan fingerprint density at radius 1 is 1.64 bits per heavy atom. The SMILES string of the molecule is Cc1oncc1C(=O)NCCCCN. The van der Waals surface area contributed by atoms with Gasteiger partial charge in [0.2, 0.25) is 0 Å². The standard InChI is InChI=1S/C9H15N3O2/c1-7-8(6-12-14-7)9(13)11-5-3-2-4-10/h6H,2-5,10H2,1H3,(H,11,13). The van der Waals surface area contributed by atoms with E-state index in [9.17, 15) is 4.79 Å². The van der Waals surface area contributed by atoms with E-state index in [1.807, 2.05) is 0 Å². The van der Waals surface area contributed by atoms with Gasteiger partial charge in [-0.1, -0.05) is 5.16 Å². The minimum absolute atomic E-state index is 0.138. The van der Waals surface area contributed by atoms with Crippen molar-refractivity contribution in [2.75, 3.05) is 13.1 Å². The van der Waals surface area contributed by atoms with Gasteiger partial charge in [0.05, 0.1) is 6.20 Å². The molecule has 5 heteroatoms. The quantitative estimate of drug-likeness (QED) is 0.671. The molecule has 0 aliphatic carbocycles. The summed E-state index contributed by atoms with van der Waals surface area (Å²) in [5.74, 6) is 0.405. The Hall–Kier alpha value is -1.36. The molecular weight excluding hydrogens is 182 g/mol. The lowest BCUT2D eigenvalue weighted by atomic mass is 10.2. The maximum absolute atomic E-state index is 11.4. The molecule has 14 heavy (non-hydrogen) atoms. The fourth-order valence-corrected chi connectivity index (χ4v) is 1.08. The van der Waals surface area contributed by atoms with E-state index in [0.717, 1.165) is 12.8 Å². The van der Waals surface area contributed by atoms with Gasteiger partial charge in [0.1, 0.15) is 11.3 Å². The van der Waals surface area contributed by atoms with Crippen molar-refractivity contribution in [1.29, 1.82) is 0 Å². The molecule has 0 spiro atoms. The summed E-state index contributed by atoms with van der Waals surface area (Å²) in [6, 6.07) is 0. The lowest BCUT2D eigenvalue weighted by Crippen LogP contribution is -2.25. The third-order valence-corrected chi connectivity index (χ3v) is 1.91. The Bertz CT molecular complexity index is 296. The van der Waals surface area contributed by atoms with Crippen LogP contribution in [0.5, 0.6) is 0 Å². The second-order valence-corrected chi connectivity index (χ2v) is 3.05. The highest BCUT2D eigenvalue weighted by Crippen LogP contribution is 2.04. The fourth-order valence-electron chi connectivity index (χ4n) is 1.08. The predicted octanol–water partition coefficient (Wildman–Crippen LogP) is 0.452. The number of rotatable bonds is 5. The van der Waals surface area contributed by atoms with Gasteiger partial charge in [0.15, 0.2) is 0 Å². The number of aromatic nitrogens is 1. The molecule has 0 aliphatic heterocycles. The summed E-state index contributed by atoms with van der Waals surface area (Å²) in [5.41, 5.74) is 5.82. The topological polar surface area (TPSA) is 81.2 Å². The van der Waals surface area contributed by atoms with E-state index in [2.05, 4.69) is 10.5 Å². The zero-order valence-electron chi connectivity index (χ0n) is 8.25. The van der Waals surface area contributed by atoms with Crippen LogP contribution in [-0.2, 0) is 0 Å². The molecule has 0 saturated heterocycles. The molecule has 3 N–H and O–H groups in total. The number of aryl methyl sites for hydroxylation is 1. The Labute approximate surface area is 82.6 Å². The highest BCUT2D eigenvalue weighted by atomic mass is 16.5. The summed E-state index contributed by atoms with van der Waals surface area (Å²) in [7, 11) is 0. The molecule has 0 fully saturated rings. The molecule has 0 saturated carbocycles. The van der Waals surface area contributed by atoms with Crippen molar-refractivity contribution in [3.8, 4) is 0 Å². The van der Waals surface area contributed by atoms with Crippen molar-refractivity contribution < 1.29 is 9.32 Å². The van der Waals surface area contributed by atoms with Gasteiger partial charge in [-0.05, 0) is 26.3 Å². The van der Waals surface area contributed by atoms with E-state index in [1.54, 1.807) is 6.92 Å². The van der Waals surface area contributed by atoms with Crippen molar-refractivity contribution in [3.63, 3.8) is 0 Å². The average Bonchev–Trinajstić information content (AvgIpc) is 2.59. The van der Waals surface area contributed by atoms with Crippen LogP contribution in [0.3, 0.4) is 0 Å². The highest BCUT2D eigenvalue weighted by molar-refractivity contribution is 5.94. The summed E-state index contributed by atoms with van der Waals surface area (Å²) in [4.78, 5) is 11.4. The number of unbranched alkanes of at least 4 members (excludes halogenated alkanes) is 1. The fraction of sp³-hybridized carbons (Fsp3) is 0.556. The summed E-state index contributed by atoms with van der Waals surface area (Å²) < 4.78 is 4.78. The van der Waals surface area contributed by atoms with Crippen molar-refractivity contribution in [2.24, 2.45) is 5.73 Å². The molecule has 0 unspecified atom stereocenters. The van der Waals surface area contributed by atoms with E-state index in [-0.39, 0.29) is 5.91 Å². The van der Waals surface area contributed by atoms with Crippen LogP contribution in [-0.4, -0.2) is 24.2 Å². The smallest absolute Gasteiger partial charge is 0.256 e. The van der Waals surface area contributed by atoms with Crippen LogP contribution in [0.15, 0.2) is 10.7 Å². The molecule has 0 bridgehead atoms. The first-order valence-electron chi connectivity index (χ1n) is 4.65. The summed E-state index contributed by atoms with van der Waals surface area (Å²) in [6.45, 7) is 3.00. The molecule has 1 aromatic heterocycles. The zero-order valence-corrected chi connectivity index (χ0v) is 8.25. The third kappa shape index (κ3) is 2.85. The van der Waals surface area contributed by atoms with Gasteiger partial charge in [0.25, 0.3) is 5.91 Å². The molecule has 1 rings (SSSR count). The molecule has 0 aromatic carbocycles.